The molecule has 0 spiro atoms. The monoisotopic (exact) mass is 307 g/mol. The maximum atomic E-state index is 10.7. The third-order valence-electron chi connectivity index (χ3n) is 3.65. The van der Waals surface area contributed by atoms with Gasteiger partial charge in [0, 0.05) is 37.6 Å². The van der Waals surface area contributed by atoms with E-state index in [4.69, 9.17) is 11.6 Å². The fraction of sp³-hybridized carbons (Fsp3) is 0.385. The van der Waals surface area contributed by atoms with Crippen LogP contribution >= 0.6 is 11.6 Å². The molecule has 0 radical (unpaired) electrons. The largest absolute Gasteiger partial charge is 0.351 e. The molecular weight excluding hydrogens is 294 g/mol. The molecule has 3 heterocycles. The van der Waals surface area contributed by atoms with Crippen molar-refractivity contribution in [3.8, 4) is 0 Å². The van der Waals surface area contributed by atoms with E-state index in [9.17, 15) is 10.1 Å². The average molecular weight is 308 g/mol. The van der Waals surface area contributed by atoms with Crippen molar-refractivity contribution < 1.29 is 4.92 Å². The second kappa shape index (κ2) is 5.69. The summed E-state index contributed by atoms with van der Waals surface area (Å²) in [4.78, 5) is 20.6. The predicted molar refractivity (Wildman–Crippen MR) is 78.5 cm³/mol. The fourth-order valence-electron chi connectivity index (χ4n) is 2.67. The molecule has 1 fully saturated rings. The van der Waals surface area contributed by atoms with E-state index in [-0.39, 0.29) is 11.7 Å². The highest BCUT2D eigenvalue weighted by Crippen LogP contribution is 2.32. The van der Waals surface area contributed by atoms with E-state index in [1.165, 1.54) is 12.3 Å². The second-order valence-corrected chi connectivity index (χ2v) is 5.41. The van der Waals surface area contributed by atoms with E-state index in [1.54, 1.807) is 12.5 Å². The SMILES string of the molecule is O=[N+]([O-])c1cnc(N2CCCC2Cn2ccnc2)c(Cl)c1. The lowest BCUT2D eigenvalue weighted by Gasteiger charge is -2.26. The van der Waals surface area contributed by atoms with E-state index in [0.29, 0.717) is 10.8 Å². The first-order chi connectivity index (χ1) is 10.1. The minimum absolute atomic E-state index is 0.0888. The number of aromatic nitrogens is 3. The van der Waals surface area contributed by atoms with Crippen LogP contribution < -0.4 is 4.90 Å². The van der Waals surface area contributed by atoms with Crippen molar-refractivity contribution in [2.45, 2.75) is 25.4 Å². The summed E-state index contributed by atoms with van der Waals surface area (Å²) in [6.07, 6.45) is 8.79. The van der Waals surface area contributed by atoms with Crippen LogP contribution in [-0.4, -0.2) is 32.0 Å². The lowest BCUT2D eigenvalue weighted by atomic mass is 10.2. The van der Waals surface area contributed by atoms with E-state index in [2.05, 4.69) is 14.9 Å². The number of rotatable bonds is 4. The highest BCUT2D eigenvalue weighted by molar-refractivity contribution is 6.33. The molecule has 1 aliphatic rings. The molecule has 2 aromatic rings. The highest BCUT2D eigenvalue weighted by Gasteiger charge is 2.28. The van der Waals surface area contributed by atoms with Crippen molar-refractivity contribution in [3.05, 3.63) is 46.1 Å². The van der Waals surface area contributed by atoms with E-state index in [0.717, 1.165) is 25.9 Å². The van der Waals surface area contributed by atoms with Gasteiger partial charge < -0.3 is 9.47 Å². The molecule has 0 aromatic carbocycles. The van der Waals surface area contributed by atoms with Gasteiger partial charge in [-0.05, 0) is 12.8 Å². The lowest BCUT2D eigenvalue weighted by molar-refractivity contribution is -0.385. The first kappa shape index (κ1) is 13.8. The third kappa shape index (κ3) is 2.82. The molecule has 0 bridgehead atoms. The quantitative estimate of drug-likeness (QED) is 0.640. The molecule has 110 valence electrons. The number of imidazole rings is 1. The molecule has 1 aliphatic heterocycles. The number of halogens is 1. The van der Waals surface area contributed by atoms with Gasteiger partial charge in [-0.25, -0.2) is 9.97 Å². The van der Waals surface area contributed by atoms with Gasteiger partial charge in [-0.2, -0.15) is 0 Å². The minimum Gasteiger partial charge on any atom is -0.351 e. The molecule has 2 aromatic heterocycles. The Morgan fingerprint density at radius 2 is 2.38 bits per heavy atom. The Morgan fingerprint density at radius 3 is 3.05 bits per heavy atom. The zero-order chi connectivity index (χ0) is 14.8. The Kier molecular flexibility index (Phi) is 3.74. The number of pyridine rings is 1. The number of nitrogens with zero attached hydrogens (tertiary/aromatic N) is 5. The first-order valence-electron chi connectivity index (χ1n) is 6.67. The zero-order valence-corrected chi connectivity index (χ0v) is 12.0. The van der Waals surface area contributed by atoms with Gasteiger partial charge >= 0.3 is 0 Å². The molecule has 7 nitrogen and oxygen atoms in total. The standard InChI is InChI=1S/C13H14ClN5O2/c14-12-6-11(19(20)21)7-16-13(12)18-4-1-2-10(18)8-17-5-3-15-9-17/h3,5-7,9-10H,1-2,4,8H2. The van der Waals surface area contributed by atoms with Crippen molar-refractivity contribution >= 4 is 23.1 Å². The third-order valence-corrected chi connectivity index (χ3v) is 3.93. The summed E-state index contributed by atoms with van der Waals surface area (Å²) in [5.74, 6) is 0.616. The van der Waals surface area contributed by atoms with Gasteiger partial charge in [0.1, 0.15) is 12.0 Å². The van der Waals surface area contributed by atoms with Crippen LogP contribution in [0.25, 0.3) is 0 Å². The van der Waals surface area contributed by atoms with Gasteiger partial charge in [-0.15, -0.1) is 0 Å². The molecule has 1 atom stereocenters. The molecule has 1 unspecified atom stereocenters. The molecule has 1 saturated heterocycles. The molecule has 0 aliphatic carbocycles. The van der Waals surface area contributed by atoms with Crippen LogP contribution in [0.5, 0.6) is 0 Å². The van der Waals surface area contributed by atoms with Crippen molar-refractivity contribution in [1.29, 1.82) is 0 Å². The maximum Gasteiger partial charge on any atom is 0.289 e. The summed E-state index contributed by atoms with van der Waals surface area (Å²) in [6.45, 7) is 1.65. The average Bonchev–Trinajstić information content (AvgIpc) is 3.11. The Morgan fingerprint density at radius 1 is 1.52 bits per heavy atom. The number of hydrogen-bond donors (Lipinski definition) is 0. The summed E-state index contributed by atoms with van der Waals surface area (Å²) < 4.78 is 2.02. The van der Waals surface area contributed by atoms with Crippen LogP contribution in [0.3, 0.4) is 0 Å². The molecule has 0 saturated carbocycles. The Balaban J connectivity index is 1.83. The van der Waals surface area contributed by atoms with E-state index >= 15 is 0 Å². The number of nitro groups is 1. The normalized spacial score (nSPS) is 18.1. The molecule has 0 N–H and O–H groups in total. The van der Waals surface area contributed by atoms with Crippen LogP contribution in [-0.2, 0) is 6.54 Å². The van der Waals surface area contributed by atoms with Crippen molar-refractivity contribution in [2.24, 2.45) is 0 Å². The topological polar surface area (TPSA) is 77.1 Å². The summed E-state index contributed by atoms with van der Waals surface area (Å²) in [7, 11) is 0. The van der Waals surface area contributed by atoms with E-state index < -0.39 is 4.92 Å². The van der Waals surface area contributed by atoms with E-state index in [1.807, 2.05) is 10.8 Å². The summed E-state index contributed by atoms with van der Waals surface area (Å²) >= 11 is 6.17. The molecule has 3 rings (SSSR count). The smallest absolute Gasteiger partial charge is 0.289 e. The van der Waals surface area contributed by atoms with Crippen LogP contribution in [0.2, 0.25) is 5.02 Å². The van der Waals surface area contributed by atoms with Gasteiger partial charge in [0.15, 0.2) is 0 Å². The van der Waals surface area contributed by atoms with Gasteiger partial charge in [-0.3, -0.25) is 10.1 Å². The highest BCUT2D eigenvalue weighted by atomic mass is 35.5. The zero-order valence-electron chi connectivity index (χ0n) is 11.2. The summed E-state index contributed by atoms with van der Waals surface area (Å²) in [5.41, 5.74) is -0.0888. The maximum absolute atomic E-state index is 10.7. The van der Waals surface area contributed by atoms with Gasteiger partial charge in [0.05, 0.1) is 16.3 Å². The first-order valence-corrected chi connectivity index (χ1v) is 7.05. The van der Waals surface area contributed by atoms with Crippen molar-refractivity contribution in [2.75, 3.05) is 11.4 Å². The minimum atomic E-state index is -0.490. The Labute approximate surface area is 126 Å². The second-order valence-electron chi connectivity index (χ2n) is 5.00. The number of anilines is 1. The summed E-state index contributed by atoms with van der Waals surface area (Å²) in [6, 6.07) is 1.63. The molecule has 21 heavy (non-hydrogen) atoms. The van der Waals surface area contributed by atoms with Crippen LogP contribution in [0, 0.1) is 10.1 Å². The Hall–Kier alpha value is -2.15. The van der Waals surface area contributed by atoms with Crippen molar-refractivity contribution in [3.63, 3.8) is 0 Å². The predicted octanol–water partition coefficient (Wildman–Crippen LogP) is 2.51. The van der Waals surface area contributed by atoms with Crippen LogP contribution in [0.1, 0.15) is 12.8 Å². The number of hydrogen-bond acceptors (Lipinski definition) is 5. The van der Waals surface area contributed by atoms with Crippen molar-refractivity contribution in [1.82, 2.24) is 14.5 Å². The fourth-order valence-corrected chi connectivity index (χ4v) is 2.94. The van der Waals surface area contributed by atoms with Gasteiger partial charge in [0.25, 0.3) is 5.69 Å². The van der Waals surface area contributed by atoms with Gasteiger partial charge in [-0.1, -0.05) is 11.6 Å². The van der Waals surface area contributed by atoms with Crippen LogP contribution in [0.4, 0.5) is 11.5 Å². The molecule has 8 heteroatoms. The Bertz CT molecular complexity index is 646. The van der Waals surface area contributed by atoms with Crippen LogP contribution in [0.15, 0.2) is 31.0 Å². The lowest BCUT2D eigenvalue weighted by Crippen LogP contribution is -2.33. The molecular formula is C13H14ClN5O2. The summed E-state index contributed by atoms with van der Waals surface area (Å²) in [5, 5.41) is 11.1. The molecule has 0 amide bonds. The van der Waals surface area contributed by atoms with Gasteiger partial charge in [0.2, 0.25) is 0 Å².